The zero-order chi connectivity index (χ0) is 22.8. The van der Waals surface area contributed by atoms with Crippen molar-refractivity contribution in [3.63, 3.8) is 0 Å². The van der Waals surface area contributed by atoms with Crippen molar-refractivity contribution in [2.75, 3.05) is 31.1 Å². The third-order valence-electron chi connectivity index (χ3n) is 6.59. The predicted octanol–water partition coefficient (Wildman–Crippen LogP) is 3.57. The fraction of sp³-hybridized carbons (Fsp3) is 0.440. The number of rotatable bonds is 5. The second-order valence-corrected chi connectivity index (χ2v) is 9.02. The number of hydrogen-bond donors (Lipinski definition) is 0. The predicted molar refractivity (Wildman–Crippen MR) is 124 cm³/mol. The van der Waals surface area contributed by atoms with Crippen molar-refractivity contribution < 1.29 is 9.18 Å². The van der Waals surface area contributed by atoms with Gasteiger partial charge in [-0.15, -0.1) is 0 Å². The van der Waals surface area contributed by atoms with E-state index < -0.39 is 0 Å². The summed E-state index contributed by atoms with van der Waals surface area (Å²) >= 11 is 0. The summed E-state index contributed by atoms with van der Waals surface area (Å²) in [6.45, 7) is 3.37. The smallest absolute Gasteiger partial charge is 0.227 e. The van der Waals surface area contributed by atoms with Crippen LogP contribution in [0.4, 0.5) is 10.3 Å². The molecule has 8 heteroatoms. The molecule has 172 valence electrons. The van der Waals surface area contributed by atoms with Crippen LogP contribution in [0.3, 0.4) is 0 Å². The first-order chi connectivity index (χ1) is 16.1. The van der Waals surface area contributed by atoms with Crippen molar-refractivity contribution in [1.29, 1.82) is 0 Å². The third-order valence-corrected chi connectivity index (χ3v) is 6.59. The Morgan fingerprint density at radius 3 is 2.67 bits per heavy atom. The van der Waals surface area contributed by atoms with Crippen LogP contribution >= 0.6 is 0 Å². The molecule has 5 rings (SSSR count). The standard InChI is InChI=1S/C25H29FN6O/c1-30-17-21(22-10-11-27-25(28-22)31-12-2-3-13-31)24(29-30)19-5-4-14-32(16-19)23(33)15-18-6-8-20(26)9-7-18/h6-11,17,19H,2-5,12-16H2,1H3. The number of halogens is 1. The molecule has 1 unspecified atom stereocenters. The van der Waals surface area contributed by atoms with Gasteiger partial charge in [-0.05, 0) is 49.4 Å². The number of benzene rings is 1. The Morgan fingerprint density at radius 1 is 1.09 bits per heavy atom. The maximum absolute atomic E-state index is 13.2. The first-order valence-electron chi connectivity index (χ1n) is 11.7. The van der Waals surface area contributed by atoms with Gasteiger partial charge in [0.05, 0.1) is 17.8 Å². The lowest BCUT2D eigenvalue weighted by atomic mass is 9.91. The van der Waals surface area contributed by atoms with Gasteiger partial charge in [0.1, 0.15) is 5.82 Å². The quantitative estimate of drug-likeness (QED) is 0.597. The molecule has 0 bridgehead atoms. The van der Waals surface area contributed by atoms with Crippen molar-refractivity contribution in [3.05, 3.63) is 59.8 Å². The number of aromatic nitrogens is 4. The topological polar surface area (TPSA) is 67.2 Å². The molecule has 2 fully saturated rings. The molecule has 0 spiro atoms. The lowest BCUT2D eigenvalue weighted by Crippen LogP contribution is -2.40. The molecule has 2 aliphatic heterocycles. The van der Waals surface area contributed by atoms with E-state index in [4.69, 9.17) is 10.1 Å². The van der Waals surface area contributed by atoms with E-state index >= 15 is 0 Å². The van der Waals surface area contributed by atoms with Gasteiger partial charge in [-0.2, -0.15) is 5.10 Å². The molecule has 1 aromatic carbocycles. The van der Waals surface area contributed by atoms with Gasteiger partial charge >= 0.3 is 0 Å². The van der Waals surface area contributed by atoms with Crippen molar-refractivity contribution in [2.45, 2.75) is 38.0 Å². The number of aryl methyl sites for hydroxylation is 1. The molecule has 0 radical (unpaired) electrons. The second kappa shape index (κ2) is 9.29. The Balaban J connectivity index is 1.35. The summed E-state index contributed by atoms with van der Waals surface area (Å²) in [5, 5.41) is 4.79. The summed E-state index contributed by atoms with van der Waals surface area (Å²) in [4.78, 5) is 26.5. The van der Waals surface area contributed by atoms with Gasteiger partial charge in [-0.3, -0.25) is 9.48 Å². The lowest BCUT2D eigenvalue weighted by molar-refractivity contribution is -0.131. The number of anilines is 1. The summed E-state index contributed by atoms with van der Waals surface area (Å²) < 4.78 is 15.0. The van der Waals surface area contributed by atoms with E-state index in [2.05, 4.69) is 9.88 Å². The Hall–Kier alpha value is -3.29. The highest BCUT2D eigenvalue weighted by atomic mass is 19.1. The zero-order valence-corrected chi connectivity index (χ0v) is 19.0. The lowest BCUT2D eigenvalue weighted by Gasteiger charge is -2.32. The van der Waals surface area contributed by atoms with Crippen LogP contribution in [-0.4, -0.2) is 56.7 Å². The maximum atomic E-state index is 13.2. The Labute approximate surface area is 193 Å². The largest absolute Gasteiger partial charge is 0.342 e. The molecule has 3 aromatic rings. The molecule has 0 N–H and O–H groups in total. The highest BCUT2D eigenvalue weighted by Crippen LogP contribution is 2.33. The molecule has 7 nitrogen and oxygen atoms in total. The SMILES string of the molecule is Cn1cc(-c2ccnc(N3CCCC3)n2)c(C2CCCN(C(=O)Cc3ccc(F)cc3)C2)n1. The van der Waals surface area contributed by atoms with Crippen LogP contribution in [0.15, 0.2) is 42.7 Å². The number of hydrogen-bond acceptors (Lipinski definition) is 5. The number of amides is 1. The van der Waals surface area contributed by atoms with E-state index in [0.717, 1.165) is 60.9 Å². The van der Waals surface area contributed by atoms with Crippen molar-refractivity contribution in [1.82, 2.24) is 24.6 Å². The zero-order valence-electron chi connectivity index (χ0n) is 19.0. The fourth-order valence-electron chi connectivity index (χ4n) is 4.89. The van der Waals surface area contributed by atoms with Gasteiger partial charge in [0, 0.05) is 57.1 Å². The minimum Gasteiger partial charge on any atom is -0.342 e. The van der Waals surface area contributed by atoms with Gasteiger partial charge in [-0.25, -0.2) is 14.4 Å². The monoisotopic (exact) mass is 448 g/mol. The van der Waals surface area contributed by atoms with E-state index in [0.29, 0.717) is 6.54 Å². The minimum atomic E-state index is -0.287. The van der Waals surface area contributed by atoms with Crippen molar-refractivity contribution in [3.8, 4) is 11.3 Å². The highest BCUT2D eigenvalue weighted by molar-refractivity contribution is 5.79. The number of carbonyl (C=O) groups is 1. The molecule has 2 aromatic heterocycles. The van der Waals surface area contributed by atoms with Gasteiger partial charge in [0.15, 0.2) is 0 Å². The molecule has 33 heavy (non-hydrogen) atoms. The van der Waals surface area contributed by atoms with Gasteiger partial charge < -0.3 is 9.80 Å². The minimum absolute atomic E-state index is 0.0714. The molecular formula is C25H29FN6O. The molecular weight excluding hydrogens is 419 g/mol. The van der Waals surface area contributed by atoms with Gasteiger partial charge in [0.2, 0.25) is 11.9 Å². The average molecular weight is 449 g/mol. The summed E-state index contributed by atoms with van der Waals surface area (Å²) in [5.41, 5.74) is 3.71. The van der Waals surface area contributed by atoms with Gasteiger partial charge in [-0.1, -0.05) is 12.1 Å². The molecule has 4 heterocycles. The molecule has 2 saturated heterocycles. The van der Waals surface area contributed by atoms with E-state index in [-0.39, 0.29) is 24.1 Å². The highest BCUT2D eigenvalue weighted by Gasteiger charge is 2.29. The molecule has 1 atom stereocenters. The first kappa shape index (κ1) is 21.6. The van der Waals surface area contributed by atoms with Gasteiger partial charge in [0.25, 0.3) is 0 Å². The summed E-state index contributed by atoms with van der Waals surface area (Å²) in [5.74, 6) is 0.712. The number of nitrogens with zero attached hydrogens (tertiary/aromatic N) is 6. The Bertz CT molecular complexity index is 1120. The van der Waals surface area contributed by atoms with Crippen LogP contribution in [0.2, 0.25) is 0 Å². The van der Waals surface area contributed by atoms with Crippen molar-refractivity contribution in [2.24, 2.45) is 7.05 Å². The molecule has 1 amide bonds. The van der Waals surface area contributed by atoms with E-state index in [1.165, 1.54) is 25.0 Å². The molecule has 0 saturated carbocycles. The normalized spacial score (nSPS) is 18.7. The maximum Gasteiger partial charge on any atom is 0.227 e. The summed E-state index contributed by atoms with van der Waals surface area (Å²) in [7, 11) is 1.93. The van der Waals surface area contributed by atoms with Crippen molar-refractivity contribution >= 4 is 11.9 Å². The van der Waals surface area contributed by atoms with E-state index in [9.17, 15) is 9.18 Å². The Kier molecular flexibility index (Phi) is 6.07. The molecule has 2 aliphatic rings. The number of piperidine rings is 1. The summed E-state index contributed by atoms with van der Waals surface area (Å²) in [6.07, 6.45) is 8.39. The van der Waals surface area contributed by atoms with Crippen LogP contribution in [-0.2, 0) is 18.3 Å². The van der Waals surface area contributed by atoms with Crippen LogP contribution < -0.4 is 4.90 Å². The average Bonchev–Trinajstić information content (AvgIpc) is 3.51. The van der Waals surface area contributed by atoms with Crippen LogP contribution in [0.1, 0.15) is 42.9 Å². The van der Waals surface area contributed by atoms with E-state index in [1.807, 2.05) is 35.1 Å². The van der Waals surface area contributed by atoms with Crippen LogP contribution in [0, 0.1) is 5.82 Å². The number of carbonyl (C=O) groups excluding carboxylic acids is 1. The molecule has 0 aliphatic carbocycles. The Morgan fingerprint density at radius 2 is 1.88 bits per heavy atom. The first-order valence-corrected chi connectivity index (χ1v) is 11.7. The van der Waals surface area contributed by atoms with E-state index in [1.54, 1.807) is 12.1 Å². The fourth-order valence-corrected chi connectivity index (χ4v) is 4.89. The number of likely N-dealkylation sites (tertiary alicyclic amines) is 1. The second-order valence-electron chi connectivity index (χ2n) is 9.02. The van der Waals surface area contributed by atoms with Crippen LogP contribution in [0.5, 0.6) is 0 Å². The third kappa shape index (κ3) is 4.74. The van der Waals surface area contributed by atoms with Crippen LogP contribution in [0.25, 0.3) is 11.3 Å². The summed E-state index contributed by atoms with van der Waals surface area (Å²) in [6, 6.07) is 8.11.